The molecule has 5 aliphatic rings. The van der Waals surface area contributed by atoms with Crippen LogP contribution in [0.3, 0.4) is 0 Å². The highest BCUT2D eigenvalue weighted by Gasteiger charge is 2.50. The lowest BCUT2D eigenvalue weighted by molar-refractivity contribution is -0.130. The number of hydrogen-bond donors (Lipinski definition) is 1. The van der Waals surface area contributed by atoms with Crippen molar-refractivity contribution < 1.29 is 14.4 Å². The summed E-state index contributed by atoms with van der Waals surface area (Å²) in [6, 6.07) is 5.43. The summed E-state index contributed by atoms with van der Waals surface area (Å²) in [5, 5.41) is 3.25. The van der Waals surface area contributed by atoms with Gasteiger partial charge >= 0.3 is 0 Å². The summed E-state index contributed by atoms with van der Waals surface area (Å²) in [5.41, 5.74) is 1.12. The van der Waals surface area contributed by atoms with E-state index >= 15 is 0 Å². The molecule has 0 radical (unpaired) electrons. The van der Waals surface area contributed by atoms with Crippen LogP contribution in [0.5, 0.6) is 0 Å². The Morgan fingerprint density at radius 1 is 1.09 bits per heavy atom. The van der Waals surface area contributed by atoms with Gasteiger partial charge in [-0.2, -0.15) is 0 Å². The Labute approximate surface area is 200 Å². The zero-order valence-electron chi connectivity index (χ0n) is 20.2. The van der Waals surface area contributed by atoms with Crippen molar-refractivity contribution in [3.05, 3.63) is 35.8 Å². The van der Waals surface area contributed by atoms with E-state index in [4.69, 9.17) is 0 Å². The number of pyridine rings is 1. The summed E-state index contributed by atoms with van der Waals surface area (Å²) in [7, 11) is 0. The Morgan fingerprint density at radius 3 is 2.41 bits per heavy atom. The van der Waals surface area contributed by atoms with Gasteiger partial charge < -0.3 is 10.2 Å². The van der Waals surface area contributed by atoms with Crippen molar-refractivity contribution in [2.45, 2.75) is 58.8 Å². The Bertz CT molecular complexity index is 1140. The van der Waals surface area contributed by atoms with Crippen LogP contribution in [-0.4, -0.2) is 51.5 Å². The third-order valence-corrected chi connectivity index (χ3v) is 8.97. The zero-order valence-corrected chi connectivity index (χ0v) is 20.2. The van der Waals surface area contributed by atoms with Gasteiger partial charge in [-0.25, -0.2) is 4.98 Å². The number of ketones is 1. The molecule has 3 heterocycles. The summed E-state index contributed by atoms with van der Waals surface area (Å²) in [4.78, 5) is 44.8. The molecule has 2 aromatic heterocycles. The van der Waals surface area contributed by atoms with Crippen LogP contribution < -0.4 is 5.32 Å². The van der Waals surface area contributed by atoms with E-state index in [1.165, 1.54) is 38.5 Å². The topological polar surface area (TPSA) is 83.8 Å². The van der Waals surface area contributed by atoms with Gasteiger partial charge in [0, 0.05) is 37.7 Å². The highest BCUT2D eigenvalue weighted by molar-refractivity contribution is 5.97. The minimum atomic E-state index is -0.546. The van der Waals surface area contributed by atoms with Crippen LogP contribution in [0.2, 0.25) is 0 Å². The van der Waals surface area contributed by atoms with Gasteiger partial charge in [0.15, 0.2) is 0 Å². The third kappa shape index (κ3) is 3.64. The molecule has 1 aliphatic heterocycles. The predicted octanol–water partition coefficient (Wildman–Crippen LogP) is 3.72. The first-order valence-corrected chi connectivity index (χ1v) is 12.8. The summed E-state index contributed by atoms with van der Waals surface area (Å²) in [6.07, 6.45) is 9.96. The number of aromatic nitrogens is 2. The normalized spacial score (nSPS) is 31.8. The van der Waals surface area contributed by atoms with Crippen LogP contribution in [0.25, 0.3) is 5.65 Å². The van der Waals surface area contributed by atoms with Crippen LogP contribution in [0.15, 0.2) is 24.4 Å². The Hall–Kier alpha value is -2.70. The maximum atomic E-state index is 13.3. The molecule has 0 unspecified atom stereocenters. The van der Waals surface area contributed by atoms with Crippen molar-refractivity contribution in [1.29, 1.82) is 0 Å². The van der Waals surface area contributed by atoms with Gasteiger partial charge in [0.05, 0.1) is 0 Å². The van der Waals surface area contributed by atoms with E-state index in [1.54, 1.807) is 21.6 Å². The van der Waals surface area contributed by atoms with E-state index in [1.807, 2.05) is 26.0 Å². The zero-order chi connectivity index (χ0) is 23.7. The summed E-state index contributed by atoms with van der Waals surface area (Å²) >= 11 is 0. The fourth-order valence-electron chi connectivity index (χ4n) is 7.72. The number of carbonyl (C=O) groups excluding carboxylic acids is 3. The molecule has 0 aromatic carbocycles. The number of Topliss-reactive ketones (excluding diaryl/α,β-unsaturated/α-hetero) is 1. The van der Waals surface area contributed by atoms with Crippen LogP contribution >= 0.6 is 0 Å². The largest absolute Gasteiger partial charge is 0.350 e. The second-order valence-corrected chi connectivity index (χ2v) is 12.1. The van der Waals surface area contributed by atoms with E-state index in [0.717, 1.165) is 24.3 Å². The van der Waals surface area contributed by atoms with Crippen LogP contribution in [0, 0.1) is 28.6 Å². The van der Waals surface area contributed by atoms with Gasteiger partial charge in [0.25, 0.3) is 11.8 Å². The molecule has 34 heavy (non-hydrogen) atoms. The van der Waals surface area contributed by atoms with Crippen molar-refractivity contribution >= 4 is 23.2 Å². The Morgan fingerprint density at radius 2 is 1.76 bits per heavy atom. The fraction of sp³-hybridized carbons (Fsp3) is 0.630. The van der Waals surface area contributed by atoms with Crippen LogP contribution in [-0.2, 0) is 4.79 Å². The van der Waals surface area contributed by atoms with Crippen molar-refractivity contribution in [2.24, 2.45) is 28.6 Å². The predicted molar refractivity (Wildman–Crippen MR) is 127 cm³/mol. The van der Waals surface area contributed by atoms with Crippen molar-refractivity contribution in [2.75, 3.05) is 19.6 Å². The number of imidazole rings is 1. The SMILES string of the molecule is CC1(C)CN(C(=O)c2cn3c(C(=O)NCC45CC6CC(CC(C6)C4)C5)cccc3n2)CCC1=O. The second kappa shape index (κ2) is 7.65. The lowest BCUT2D eigenvalue weighted by atomic mass is 9.49. The lowest BCUT2D eigenvalue weighted by Crippen LogP contribution is -2.51. The highest BCUT2D eigenvalue weighted by Crippen LogP contribution is 2.59. The van der Waals surface area contributed by atoms with Gasteiger partial charge in [-0.15, -0.1) is 0 Å². The molecule has 1 saturated heterocycles. The first kappa shape index (κ1) is 21.8. The maximum absolute atomic E-state index is 13.3. The van der Waals surface area contributed by atoms with Crippen molar-refractivity contribution in [3.8, 4) is 0 Å². The molecule has 7 rings (SSSR count). The molecule has 5 fully saturated rings. The average Bonchev–Trinajstić information content (AvgIpc) is 3.22. The molecule has 7 heteroatoms. The standard InChI is InChI=1S/C27H34N4O3/c1-26(2)16-30(7-6-22(26)32)25(34)20-14-31-21(4-3-5-23(31)29-20)24(33)28-15-27-11-17-8-18(12-27)10-19(9-17)13-27/h3-5,14,17-19H,6-13,15-16H2,1-2H3,(H,28,33). The number of amides is 2. The number of carbonyl (C=O) groups is 3. The molecular weight excluding hydrogens is 428 g/mol. The Balaban J connectivity index is 1.19. The number of piperidine rings is 1. The molecule has 1 N–H and O–H groups in total. The summed E-state index contributed by atoms with van der Waals surface area (Å²) < 4.78 is 1.72. The Kier molecular flexibility index (Phi) is 4.91. The minimum absolute atomic E-state index is 0.109. The molecule has 4 saturated carbocycles. The molecule has 180 valence electrons. The molecule has 2 amide bonds. The number of nitrogens with zero attached hydrogens (tertiary/aromatic N) is 3. The van der Waals surface area contributed by atoms with E-state index in [0.29, 0.717) is 36.5 Å². The van der Waals surface area contributed by atoms with E-state index < -0.39 is 5.41 Å². The minimum Gasteiger partial charge on any atom is -0.350 e. The average molecular weight is 463 g/mol. The van der Waals surface area contributed by atoms with E-state index in [2.05, 4.69) is 10.3 Å². The second-order valence-electron chi connectivity index (χ2n) is 12.1. The number of fused-ring (bicyclic) bond motifs is 1. The molecule has 7 nitrogen and oxygen atoms in total. The van der Waals surface area contributed by atoms with Gasteiger partial charge in [-0.1, -0.05) is 19.9 Å². The number of likely N-dealkylation sites (tertiary alicyclic amines) is 1. The third-order valence-electron chi connectivity index (χ3n) is 8.97. The summed E-state index contributed by atoms with van der Waals surface area (Å²) in [5.74, 6) is 2.44. The number of hydrogen-bond acceptors (Lipinski definition) is 4. The van der Waals surface area contributed by atoms with Crippen molar-refractivity contribution in [3.63, 3.8) is 0 Å². The van der Waals surface area contributed by atoms with Crippen LogP contribution in [0.1, 0.15) is 79.8 Å². The molecule has 0 atom stereocenters. The summed E-state index contributed by atoms with van der Waals surface area (Å²) in [6.45, 7) is 5.29. The molecule has 2 aromatic rings. The number of nitrogens with one attached hydrogen (secondary N) is 1. The van der Waals surface area contributed by atoms with Gasteiger partial charge in [-0.05, 0) is 73.8 Å². The smallest absolute Gasteiger partial charge is 0.274 e. The van der Waals surface area contributed by atoms with Crippen LogP contribution in [0.4, 0.5) is 0 Å². The quantitative estimate of drug-likeness (QED) is 0.751. The monoisotopic (exact) mass is 462 g/mol. The van der Waals surface area contributed by atoms with E-state index in [-0.39, 0.29) is 23.0 Å². The first-order chi connectivity index (χ1) is 16.2. The fourth-order valence-corrected chi connectivity index (χ4v) is 7.72. The number of rotatable bonds is 4. The van der Waals surface area contributed by atoms with Gasteiger partial charge in [0.2, 0.25) is 0 Å². The van der Waals surface area contributed by atoms with Gasteiger partial charge in [0.1, 0.15) is 22.8 Å². The molecule has 0 spiro atoms. The molecular formula is C27H34N4O3. The highest BCUT2D eigenvalue weighted by atomic mass is 16.2. The van der Waals surface area contributed by atoms with Gasteiger partial charge in [-0.3, -0.25) is 18.8 Å². The first-order valence-electron chi connectivity index (χ1n) is 12.8. The van der Waals surface area contributed by atoms with E-state index in [9.17, 15) is 14.4 Å². The lowest BCUT2D eigenvalue weighted by Gasteiger charge is -2.56. The molecule has 4 aliphatic carbocycles. The van der Waals surface area contributed by atoms with Crippen molar-refractivity contribution in [1.82, 2.24) is 19.6 Å². The maximum Gasteiger partial charge on any atom is 0.274 e. The molecule has 4 bridgehead atoms.